The number of ether oxygens (including phenoxy) is 2. The largest absolute Gasteiger partial charge is 0.497 e. The molecule has 3 rings (SSSR count). The van der Waals surface area contributed by atoms with Crippen LogP contribution < -0.4 is 14.8 Å². The molecule has 0 spiro atoms. The Balaban J connectivity index is 1.81. The number of carbonyl (C=O) groups excluding carboxylic acids is 1. The number of furan rings is 1. The third-order valence-electron chi connectivity index (χ3n) is 4.16. The molecule has 0 saturated heterocycles. The molecule has 0 atom stereocenters. The van der Waals surface area contributed by atoms with Gasteiger partial charge in [0.1, 0.15) is 17.1 Å². The Morgan fingerprint density at radius 2 is 1.96 bits per heavy atom. The van der Waals surface area contributed by atoms with Crippen LogP contribution in [0.2, 0.25) is 0 Å². The first-order valence-corrected chi connectivity index (χ1v) is 8.15. The van der Waals surface area contributed by atoms with Gasteiger partial charge >= 0.3 is 0 Å². The predicted octanol–water partition coefficient (Wildman–Crippen LogP) is 4.19. The van der Waals surface area contributed by atoms with E-state index in [1.165, 1.54) is 5.56 Å². The lowest BCUT2D eigenvalue weighted by atomic mass is 10.1. The van der Waals surface area contributed by atoms with E-state index >= 15 is 0 Å². The fourth-order valence-corrected chi connectivity index (χ4v) is 2.76. The summed E-state index contributed by atoms with van der Waals surface area (Å²) < 4.78 is 16.1. The summed E-state index contributed by atoms with van der Waals surface area (Å²) in [5.74, 6) is 1.09. The number of anilines is 1. The first kappa shape index (κ1) is 16.9. The van der Waals surface area contributed by atoms with Crippen molar-refractivity contribution in [1.29, 1.82) is 0 Å². The zero-order valence-electron chi connectivity index (χ0n) is 14.6. The Kier molecular flexibility index (Phi) is 4.93. The van der Waals surface area contributed by atoms with Crippen LogP contribution in [-0.4, -0.2) is 20.1 Å². The van der Waals surface area contributed by atoms with Crippen molar-refractivity contribution in [3.05, 3.63) is 53.8 Å². The number of nitrogens with one attached hydrogen (secondary N) is 1. The zero-order chi connectivity index (χ0) is 17.8. The van der Waals surface area contributed by atoms with Crippen molar-refractivity contribution in [3.8, 4) is 11.5 Å². The highest BCUT2D eigenvalue weighted by atomic mass is 16.5. The Hall–Kier alpha value is -2.95. The van der Waals surface area contributed by atoms with Crippen LogP contribution in [0.4, 0.5) is 5.69 Å². The molecule has 5 heteroatoms. The molecule has 2 aromatic carbocycles. The Bertz CT molecular complexity index is 898. The molecule has 130 valence electrons. The minimum atomic E-state index is -0.142. The van der Waals surface area contributed by atoms with Gasteiger partial charge in [0.2, 0.25) is 5.91 Å². The lowest BCUT2D eigenvalue weighted by molar-refractivity contribution is -0.115. The summed E-state index contributed by atoms with van der Waals surface area (Å²) in [4.78, 5) is 12.5. The summed E-state index contributed by atoms with van der Waals surface area (Å²) in [7, 11) is 3.14. The summed E-state index contributed by atoms with van der Waals surface area (Å²) in [5.41, 5.74) is 3.45. The van der Waals surface area contributed by atoms with Crippen LogP contribution in [0.1, 0.15) is 18.1 Å². The monoisotopic (exact) mass is 339 g/mol. The van der Waals surface area contributed by atoms with E-state index in [1.807, 2.05) is 12.1 Å². The number of carbonyl (C=O) groups is 1. The number of benzene rings is 2. The molecule has 0 saturated carbocycles. The number of fused-ring (bicyclic) bond motifs is 1. The highest BCUT2D eigenvalue weighted by Crippen LogP contribution is 2.29. The van der Waals surface area contributed by atoms with Gasteiger partial charge in [-0.15, -0.1) is 0 Å². The molecule has 25 heavy (non-hydrogen) atoms. The van der Waals surface area contributed by atoms with Gasteiger partial charge in [-0.2, -0.15) is 0 Å². The standard InChI is InChI=1S/C20H21NO4/c1-4-13-5-7-18-16(9-13)14(12-25-18)10-20(22)21-17-11-15(23-2)6-8-19(17)24-3/h5-9,11-12H,4,10H2,1-3H3,(H,21,22). The third kappa shape index (κ3) is 3.60. The minimum absolute atomic E-state index is 0.142. The summed E-state index contributed by atoms with van der Waals surface area (Å²) >= 11 is 0. The molecule has 0 fully saturated rings. The van der Waals surface area contributed by atoms with Crippen LogP contribution >= 0.6 is 0 Å². The number of amides is 1. The molecule has 5 nitrogen and oxygen atoms in total. The lowest BCUT2D eigenvalue weighted by Crippen LogP contribution is -2.15. The zero-order valence-corrected chi connectivity index (χ0v) is 14.6. The van der Waals surface area contributed by atoms with Crippen molar-refractivity contribution in [2.75, 3.05) is 19.5 Å². The van der Waals surface area contributed by atoms with Gasteiger partial charge in [-0.3, -0.25) is 4.79 Å². The van der Waals surface area contributed by atoms with Gasteiger partial charge in [0.15, 0.2) is 0 Å². The van der Waals surface area contributed by atoms with Gasteiger partial charge in [0.05, 0.1) is 32.6 Å². The maximum atomic E-state index is 12.5. The second-order valence-corrected chi connectivity index (χ2v) is 5.74. The topological polar surface area (TPSA) is 60.7 Å². The number of methoxy groups -OCH3 is 2. The molecular weight excluding hydrogens is 318 g/mol. The third-order valence-corrected chi connectivity index (χ3v) is 4.16. The predicted molar refractivity (Wildman–Crippen MR) is 97.5 cm³/mol. The Morgan fingerprint density at radius 3 is 2.68 bits per heavy atom. The van der Waals surface area contributed by atoms with Crippen LogP contribution in [0.25, 0.3) is 11.0 Å². The van der Waals surface area contributed by atoms with E-state index in [0.717, 1.165) is 23.0 Å². The van der Waals surface area contributed by atoms with Gasteiger partial charge < -0.3 is 19.2 Å². The van der Waals surface area contributed by atoms with E-state index in [1.54, 1.807) is 38.7 Å². The molecule has 3 aromatic rings. The molecule has 0 aliphatic carbocycles. The molecule has 1 heterocycles. The van der Waals surface area contributed by atoms with Crippen LogP contribution in [0.5, 0.6) is 11.5 Å². The highest BCUT2D eigenvalue weighted by Gasteiger charge is 2.13. The normalized spacial score (nSPS) is 10.7. The van der Waals surface area contributed by atoms with Crippen molar-refractivity contribution < 1.29 is 18.7 Å². The second-order valence-electron chi connectivity index (χ2n) is 5.74. The summed E-state index contributed by atoms with van der Waals surface area (Å²) in [6, 6.07) is 11.3. The van der Waals surface area contributed by atoms with Crippen molar-refractivity contribution >= 4 is 22.6 Å². The second kappa shape index (κ2) is 7.30. The number of rotatable bonds is 6. The molecule has 0 radical (unpaired) electrons. The molecule has 0 bridgehead atoms. The van der Waals surface area contributed by atoms with E-state index in [4.69, 9.17) is 13.9 Å². The average molecular weight is 339 g/mol. The molecule has 1 amide bonds. The van der Waals surface area contributed by atoms with Crippen molar-refractivity contribution in [2.45, 2.75) is 19.8 Å². The van der Waals surface area contributed by atoms with Crippen molar-refractivity contribution in [1.82, 2.24) is 0 Å². The van der Waals surface area contributed by atoms with Crippen LogP contribution in [0.15, 0.2) is 47.1 Å². The number of hydrogen-bond acceptors (Lipinski definition) is 4. The first-order valence-electron chi connectivity index (χ1n) is 8.15. The van der Waals surface area contributed by atoms with E-state index < -0.39 is 0 Å². The van der Waals surface area contributed by atoms with Crippen molar-refractivity contribution in [2.24, 2.45) is 0 Å². The fourth-order valence-electron chi connectivity index (χ4n) is 2.76. The van der Waals surface area contributed by atoms with Gasteiger partial charge in [-0.1, -0.05) is 13.0 Å². The molecular formula is C20H21NO4. The maximum absolute atomic E-state index is 12.5. The first-order chi connectivity index (χ1) is 12.1. The number of aryl methyl sites for hydroxylation is 1. The summed E-state index contributed by atoms with van der Waals surface area (Å²) in [6.45, 7) is 2.10. The molecule has 0 aliphatic heterocycles. The maximum Gasteiger partial charge on any atom is 0.229 e. The van der Waals surface area contributed by atoms with E-state index in [2.05, 4.69) is 18.3 Å². The Labute approximate surface area is 146 Å². The van der Waals surface area contributed by atoms with Crippen molar-refractivity contribution in [3.63, 3.8) is 0 Å². The van der Waals surface area contributed by atoms with Gasteiger partial charge in [-0.25, -0.2) is 0 Å². The van der Waals surface area contributed by atoms with Gasteiger partial charge in [0, 0.05) is 17.0 Å². The highest BCUT2D eigenvalue weighted by molar-refractivity contribution is 5.96. The van der Waals surface area contributed by atoms with Gasteiger partial charge in [0.25, 0.3) is 0 Å². The molecule has 0 aliphatic rings. The smallest absolute Gasteiger partial charge is 0.229 e. The quantitative estimate of drug-likeness (QED) is 0.731. The average Bonchev–Trinajstić information content (AvgIpc) is 3.03. The minimum Gasteiger partial charge on any atom is -0.497 e. The van der Waals surface area contributed by atoms with E-state index in [0.29, 0.717) is 17.2 Å². The molecule has 1 N–H and O–H groups in total. The SMILES string of the molecule is CCc1ccc2occ(CC(=O)Nc3cc(OC)ccc3OC)c2c1. The van der Waals surface area contributed by atoms with Crippen LogP contribution in [0, 0.1) is 0 Å². The van der Waals surface area contributed by atoms with E-state index in [-0.39, 0.29) is 12.3 Å². The lowest BCUT2D eigenvalue weighted by Gasteiger charge is -2.11. The van der Waals surface area contributed by atoms with Crippen LogP contribution in [-0.2, 0) is 17.6 Å². The molecule has 0 unspecified atom stereocenters. The number of hydrogen-bond donors (Lipinski definition) is 1. The summed E-state index contributed by atoms with van der Waals surface area (Å²) in [5, 5.41) is 3.86. The van der Waals surface area contributed by atoms with Gasteiger partial charge in [-0.05, 0) is 36.2 Å². The molecule has 1 aromatic heterocycles. The summed E-state index contributed by atoms with van der Waals surface area (Å²) in [6.07, 6.45) is 2.81. The Morgan fingerprint density at radius 1 is 1.12 bits per heavy atom. The fraction of sp³-hybridized carbons (Fsp3) is 0.250. The van der Waals surface area contributed by atoms with Crippen LogP contribution in [0.3, 0.4) is 0 Å². The van der Waals surface area contributed by atoms with E-state index in [9.17, 15) is 4.79 Å².